The highest BCUT2D eigenvalue weighted by Crippen LogP contribution is 2.42. The zero-order valence-electron chi connectivity index (χ0n) is 14.7. The molecule has 6 heteroatoms. The van der Waals surface area contributed by atoms with Gasteiger partial charge in [0.2, 0.25) is 0 Å². The average Bonchev–Trinajstić information content (AvgIpc) is 3.16. The summed E-state index contributed by atoms with van der Waals surface area (Å²) >= 11 is 0. The zero-order chi connectivity index (χ0) is 17.7. The third-order valence-corrected chi connectivity index (χ3v) is 4.97. The second kappa shape index (κ2) is 7.51. The number of nitrogens with zero attached hydrogens (tertiary/aromatic N) is 2. The first kappa shape index (κ1) is 17.2. The number of anilines is 1. The van der Waals surface area contributed by atoms with Gasteiger partial charge in [-0.15, -0.1) is 10.2 Å². The van der Waals surface area contributed by atoms with Crippen molar-refractivity contribution < 1.29 is 9.53 Å². The van der Waals surface area contributed by atoms with Crippen LogP contribution in [0.15, 0.2) is 36.4 Å². The summed E-state index contributed by atoms with van der Waals surface area (Å²) in [7, 11) is 3.27. The smallest absolute Gasteiger partial charge is 0.271 e. The highest BCUT2D eigenvalue weighted by atomic mass is 16.5. The molecule has 1 amide bonds. The number of hydrogen-bond donors (Lipinski definition) is 2. The maximum Gasteiger partial charge on any atom is 0.271 e. The molecule has 1 heterocycles. The van der Waals surface area contributed by atoms with Crippen LogP contribution in [-0.2, 0) is 5.41 Å². The lowest BCUT2D eigenvalue weighted by Gasteiger charge is -2.30. The van der Waals surface area contributed by atoms with Gasteiger partial charge in [-0.25, -0.2) is 0 Å². The van der Waals surface area contributed by atoms with Gasteiger partial charge < -0.3 is 15.4 Å². The lowest BCUT2D eigenvalue weighted by molar-refractivity contribution is 0.0957. The fourth-order valence-electron chi connectivity index (χ4n) is 3.51. The normalized spacial score (nSPS) is 15.6. The van der Waals surface area contributed by atoms with E-state index in [2.05, 4.69) is 33.0 Å². The summed E-state index contributed by atoms with van der Waals surface area (Å²) in [6, 6.07) is 11.8. The molecule has 1 aromatic heterocycles. The van der Waals surface area contributed by atoms with Crippen molar-refractivity contribution in [2.45, 2.75) is 31.1 Å². The molecule has 25 heavy (non-hydrogen) atoms. The number of aromatic nitrogens is 2. The highest BCUT2D eigenvalue weighted by molar-refractivity contribution is 5.91. The minimum atomic E-state index is -0.234. The summed E-state index contributed by atoms with van der Waals surface area (Å²) in [6.07, 6.45) is 4.72. The van der Waals surface area contributed by atoms with E-state index in [1.165, 1.54) is 18.4 Å². The monoisotopic (exact) mass is 340 g/mol. The first-order valence-corrected chi connectivity index (χ1v) is 8.61. The molecule has 0 radical (unpaired) electrons. The third-order valence-electron chi connectivity index (χ3n) is 4.97. The molecule has 1 aromatic carbocycles. The van der Waals surface area contributed by atoms with Gasteiger partial charge in [-0.05, 0) is 42.7 Å². The Hall–Kier alpha value is -2.63. The van der Waals surface area contributed by atoms with E-state index in [-0.39, 0.29) is 11.3 Å². The summed E-state index contributed by atoms with van der Waals surface area (Å²) in [5, 5.41) is 14.0. The van der Waals surface area contributed by atoms with Gasteiger partial charge in [0.05, 0.1) is 7.11 Å². The molecule has 132 valence electrons. The number of rotatable bonds is 6. The lowest BCUT2D eigenvalue weighted by Crippen LogP contribution is -2.31. The molecule has 2 N–H and O–H groups in total. The van der Waals surface area contributed by atoms with Gasteiger partial charge in [0.25, 0.3) is 5.91 Å². The molecular weight excluding hydrogens is 316 g/mol. The molecule has 0 atom stereocenters. The molecule has 0 unspecified atom stereocenters. The van der Waals surface area contributed by atoms with Crippen molar-refractivity contribution in [2.75, 3.05) is 26.0 Å². The number of ether oxygens (including phenoxy) is 1. The molecular formula is C19H24N4O2. The Morgan fingerprint density at radius 1 is 1.20 bits per heavy atom. The number of carbonyl (C=O) groups excluding carboxylic acids is 1. The maximum absolute atomic E-state index is 11.5. The number of nitrogens with one attached hydrogen (secondary N) is 2. The Morgan fingerprint density at radius 3 is 2.64 bits per heavy atom. The minimum absolute atomic E-state index is 0.0791. The van der Waals surface area contributed by atoms with Crippen LogP contribution in [0.1, 0.15) is 41.7 Å². The Bertz CT molecular complexity index is 724. The molecule has 1 fully saturated rings. The molecule has 1 aliphatic carbocycles. The van der Waals surface area contributed by atoms with Crippen LogP contribution in [-0.4, -0.2) is 36.8 Å². The number of benzene rings is 1. The number of methoxy groups -OCH3 is 1. The molecule has 3 rings (SSSR count). The van der Waals surface area contributed by atoms with Crippen molar-refractivity contribution in [2.24, 2.45) is 0 Å². The minimum Gasteiger partial charge on any atom is -0.497 e. The number of amides is 1. The van der Waals surface area contributed by atoms with Crippen LogP contribution in [0.2, 0.25) is 0 Å². The lowest BCUT2D eigenvalue weighted by atomic mass is 9.78. The predicted molar refractivity (Wildman–Crippen MR) is 97.1 cm³/mol. The maximum atomic E-state index is 11.5. The van der Waals surface area contributed by atoms with E-state index >= 15 is 0 Å². The van der Waals surface area contributed by atoms with Crippen molar-refractivity contribution in [1.29, 1.82) is 0 Å². The fraction of sp³-hybridized carbons (Fsp3) is 0.421. The molecule has 0 spiro atoms. The Balaban J connectivity index is 1.75. The van der Waals surface area contributed by atoms with Crippen LogP contribution in [0.5, 0.6) is 5.75 Å². The molecule has 6 nitrogen and oxygen atoms in total. The molecule has 0 saturated heterocycles. The SMILES string of the molecule is CNC(=O)c1ccc(NCC2(c3cccc(OC)c3)CCCC2)nn1. The molecule has 0 aliphatic heterocycles. The first-order valence-electron chi connectivity index (χ1n) is 8.61. The second-order valence-electron chi connectivity index (χ2n) is 6.46. The molecule has 1 aliphatic rings. The van der Waals surface area contributed by atoms with E-state index < -0.39 is 0 Å². The number of carbonyl (C=O) groups is 1. The first-order chi connectivity index (χ1) is 12.2. The summed E-state index contributed by atoms with van der Waals surface area (Å²) < 4.78 is 5.39. The van der Waals surface area contributed by atoms with Crippen LogP contribution in [0.25, 0.3) is 0 Å². The van der Waals surface area contributed by atoms with Crippen molar-refractivity contribution in [3.8, 4) is 5.75 Å². The van der Waals surface area contributed by atoms with Gasteiger partial charge >= 0.3 is 0 Å². The summed E-state index contributed by atoms with van der Waals surface area (Å²) in [5.41, 5.74) is 1.69. The van der Waals surface area contributed by atoms with Gasteiger partial charge in [-0.3, -0.25) is 4.79 Å². The quantitative estimate of drug-likeness (QED) is 0.846. The van der Waals surface area contributed by atoms with Crippen molar-refractivity contribution in [3.63, 3.8) is 0 Å². The van der Waals surface area contributed by atoms with Gasteiger partial charge in [0.1, 0.15) is 11.6 Å². The summed E-state index contributed by atoms with van der Waals surface area (Å²) in [5.74, 6) is 1.34. The van der Waals surface area contributed by atoms with E-state index in [1.807, 2.05) is 12.1 Å². The standard InChI is InChI=1S/C19H24N4O2/c1-20-18(24)16-8-9-17(23-22-16)21-13-19(10-3-4-11-19)14-6-5-7-15(12-14)25-2/h5-9,12H,3-4,10-11,13H2,1-2H3,(H,20,24)(H,21,23). The van der Waals surface area contributed by atoms with E-state index in [0.717, 1.165) is 25.1 Å². The number of hydrogen-bond acceptors (Lipinski definition) is 5. The Labute approximate surface area is 148 Å². The van der Waals surface area contributed by atoms with Crippen LogP contribution < -0.4 is 15.4 Å². The van der Waals surface area contributed by atoms with Gasteiger partial charge in [0.15, 0.2) is 5.69 Å². The van der Waals surface area contributed by atoms with Crippen molar-refractivity contribution in [3.05, 3.63) is 47.7 Å². The molecule has 2 aromatic rings. The van der Waals surface area contributed by atoms with E-state index in [9.17, 15) is 4.79 Å². The largest absolute Gasteiger partial charge is 0.497 e. The van der Waals surface area contributed by atoms with Gasteiger partial charge in [0, 0.05) is 19.0 Å². The summed E-state index contributed by atoms with van der Waals surface area (Å²) in [6.45, 7) is 0.786. The Morgan fingerprint density at radius 2 is 2.00 bits per heavy atom. The topological polar surface area (TPSA) is 76.1 Å². The van der Waals surface area contributed by atoms with Gasteiger partial charge in [-0.2, -0.15) is 0 Å². The van der Waals surface area contributed by atoms with Crippen LogP contribution >= 0.6 is 0 Å². The van der Waals surface area contributed by atoms with E-state index in [4.69, 9.17) is 4.74 Å². The van der Waals surface area contributed by atoms with Crippen LogP contribution in [0.3, 0.4) is 0 Å². The van der Waals surface area contributed by atoms with Crippen molar-refractivity contribution in [1.82, 2.24) is 15.5 Å². The average molecular weight is 340 g/mol. The predicted octanol–water partition coefficient (Wildman–Crippen LogP) is 2.77. The third kappa shape index (κ3) is 3.73. The zero-order valence-corrected chi connectivity index (χ0v) is 14.7. The second-order valence-corrected chi connectivity index (χ2v) is 6.46. The van der Waals surface area contributed by atoms with Crippen LogP contribution in [0, 0.1) is 0 Å². The van der Waals surface area contributed by atoms with Gasteiger partial charge in [-0.1, -0.05) is 25.0 Å². The fourth-order valence-corrected chi connectivity index (χ4v) is 3.51. The van der Waals surface area contributed by atoms with Crippen LogP contribution in [0.4, 0.5) is 5.82 Å². The Kier molecular flexibility index (Phi) is 5.16. The highest BCUT2D eigenvalue weighted by Gasteiger charge is 2.35. The summed E-state index contributed by atoms with van der Waals surface area (Å²) in [4.78, 5) is 11.5. The van der Waals surface area contributed by atoms with Crippen molar-refractivity contribution >= 4 is 11.7 Å². The molecule has 1 saturated carbocycles. The molecule has 0 bridgehead atoms. The van der Waals surface area contributed by atoms with E-state index in [0.29, 0.717) is 11.5 Å². The van der Waals surface area contributed by atoms with E-state index in [1.54, 1.807) is 26.3 Å².